The second-order valence-electron chi connectivity index (χ2n) is 14.0. The van der Waals surface area contributed by atoms with Crippen LogP contribution in [0.25, 0.3) is 0 Å². The Bertz CT molecular complexity index is 701. The van der Waals surface area contributed by atoms with E-state index in [4.69, 9.17) is 18.5 Å². The van der Waals surface area contributed by atoms with Gasteiger partial charge in [0, 0.05) is 13.0 Å². The highest BCUT2D eigenvalue weighted by Crippen LogP contribution is 2.43. The second-order valence-corrected chi connectivity index (χ2v) is 15.4. The number of likely N-dealkylation sites (N-methyl/N-ethyl adjacent to an activating group) is 1. The maximum Gasteiger partial charge on any atom is 0.472 e. The Kier molecular flexibility index (Phi) is 30.5. The third kappa shape index (κ3) is 34.6. The van der Waals surface area contributed by atoms with Crippen molar-refractivity contribution in [2.75, 3.05) is 54.1 Å². The quantitative estimate of drug-likeness (QED) is 0.0312. The van der Waals surface area contributed by atoms with Crippen molar-refractivity contribution in [3.63, 3.8) is 0 Å². The zero-order chi connectivity index (χ0) is 33.5. The SMILES string of the molecule is CCCCCCCCCCCCCCCCCC(=O)OC(COCCCCCCCCCC)COP(=O)(O)OCC[N+](C)(C)C. The van der Waals surface area contributed by atoms with Crippen LogP contribution in [0.2, 0.25) is 0 Å². The monoisotopic (exact) mass is 665 g/mol. The van der Waals surface area contributed by atoms with Crippen molar-refractivity contribution < 1.29 is 37.3 Å². The molecule has 0 saturated carbocycles. The summed E-state index contributed by atoms with van der Waals surface area (Å²) in [6.45, 7) is 5.62. The lowest BCUT2D eigenvalue weighted by molar-refractivity contribution is -0.870. The van der Waals surface area contributed by atoms with Gasteiger partial charge in [-0.2, -0.15) is 0 Å². The van der Waals surface area contributed by atoms with Gasteiger partial charge in [-0.05, 0) is 12.8 Å². The Morgan fingerprint density at radius 1 is 0.600 bits per heavy atom. The van der Waals surface area contributed by atoms with Gasteiger partial charge in [-0.25, -0.2) is 4.57 Å². The zero-order valence-electron chi connectivity index (χ0n) is 30.4. The third-order valence-electron chi connectivity index (χ3n) is 8.17. The van der Waals surface area contributed by atoms with Crippen LogP contribution in [0.5, 0.6) is 0 Å². The summed E-state index contributed by atoms with van der Waals surface area (Å²) in [6.07, 6.45) is 28.4. The van der Waals surface area contributed by atoms with Gasteiger partial charge in [0.1, 0.15) is 19.3 Å². The molecule has 0 aromatic carbocycles. The number of phosphoric ester groups is 1. The van der Waals surface area contributed by atoms with E-state index in [0.717, 1.165) is 32.1 Å². The van der Waals surface area contributed by atoms with Gasteiger partial charge >= 0.3 is 13.8 Å². The number of carbonyl (C=O) groups excluding carboxylic acids is 1. The first kappa shape index (κ1) is 44.5. The van der Waals surface area contributed by atoms with Gasteiger partial charge in [-0.3, -0.25) is 13.8 Å². The highest BCUT2D eigenvalue weighted by molar-refractivity contribution is 7.47. The molecule has 270 valence electrons. The summed E-state index contributed by atoms with van der Waals surface area (Å²) in [4.78, 5) is 22.7. The molecule has 45 heavy (non-hydrogen) atoms. The smallest absolute Gasteiger partial charge is 0.457 e. The lowest BCUT2D eigenvalue weighted by Crippen LogP contribution is -2.37. The molecule has 0 amide bonds. The Morgan fingerprint density at radius 2 is 1.02 bits per heavy atom. The van der Waals surface area contributed by atoms with Crippen LogP contribution in [-0.2, 0) is 27.9 Å². The highest BCUT2D eigenvalue weighted by Gasteiger charge is 2.26. The maximum atomic E-state index is 12.6. The normalized spacial score (nSPS) is 14.0. The largest absolute Gasteiger partial charge is 0.472 e. The molecule has 0 heterocycles. The van der Waals surface area contributed by atoms with Crippen molar-refractivity contribution in [1.29, 1.82) is 0 Å². The van der Waals surface area contributed by atoms with Gasteiger partial charge in [0.2, 0.25) is 0 Å². The molecule has 8 nitrogen and oxygen atoms in total. The second kappa shape index (κ2) is 30.8. The highest BCUT2D eigenvalue weighted by atomic mass is 31.2. The molecule has 0 aromatic heterocycles. The number of ether oxygens (including phenoxy) is 2. The minimum absolute atomic E-state index is 0.0931. The van der Waals surface area contributed by atoms with Gasteiger partial charge in [0.05, 0.1) is 34.4 Å². The minimum Gasteiger partial charge on any atom is -0.457 e. The summed E-state index contributed by atoms with van der Waals surface area (Å²) < 4.78 is 34.7. The summed E-state index contributed by atoms with van der Waals surface area (Å²) in [5.41, 5.74) is 0. The maximum absolute atomic E-state index is 12.6. The van der Waals surface area contributed by atoms with Crippen molar-refractivity contribution in [2.24, 2.45) is 0 Å². The molecule has 1 N–H and O–H groups in total. The Labute approximate surface area is 278 Å². The molecule has 2 unspecified atom stereocenters. The molecule has 0 fully saturated rings. The standard InChI is InChI=1S/C36H74NO7P/c1-6-8-10-12-14-16-17-18-19-20-21-22-23-25-27-29-36(38)44-35(33-41-31-28-26-24-15-13-11-9-7-2)34-43-45(39,40)42-32-30-37(3,4)5/h35H,6-34H2,1-5H3/p+1. The Hall–Kier alpha value is -0.500. The average molecular weight is 665 g/mol. The van der Waals surface area contributed by atoms with Gasteiger partial charge in [-0.1, -0.05) is 149 Å². The van der Waals surface area contributed by atoms with E-state index < -0.39 is 13.9 Å². The van der Waals surface area contributed by atoms with Gasteiger partial charge in [-0.15, -0.1) is 0 Å². The number of hydrogen-bond donors (Lipinski definition) is 1. The number of unbranched alkanes of at least 4 members (excludes halogenated alkanes) is 21. The van der Waals surface area contributed by atoms with Crippen LogP contribution < -0.4 is 0 Å². The van der Waals surface area contributed by atoms with E-state index in [1.807, 2.05) is 21.1 Å². The number of carbonyl (C=O) groups is 1. The molecule has 0 aliphatic heterocycles. The summed E-state index contributed by atoms with van der Waals surface area (Å²) in [5, 5.41) is 0. The fourth-order valence-corrected chi connectivity index (χ4v) is 5.94. The van der Waals surface area contributed by atoms with E-state index >= 15 is 0 Å². The van der Waals surface area contributed by atoms with E-state index in [-0.39, 0.29) is 25.8 Å². The Balaban J connectivity index is 4.22. The van der Waals surface area contributed by atoms with Crippen molar-refractivity contribution in [3.05, 3.63) is 0 Å². The number of esters is 1. The van der Waals surface area contributed by atoms with Gasteiger partial charge < -0.3 is 18.9 Å². The molecule has 2 atom stereocenters. The van der Waals surface area contributed by atoms with Crippen LogP contribution in [0.15, 0.2) is 0 Å². The first-order valence-electron chi connectivity index (χ1n) is 18.8. The van der Waals surface area contributed by atoms with Crippen molar-refractivity contribution >= 4 is 13.8 Å². The Morgan fingerprint density at radius 3 is 1.47 bits per heavy atom. The lowest BCUT2D eigenvalue weighted by Gasteiger charge is -2.24. The molecule has 0 rings (SSSR count). The molecule has 0 spiro atoms. The predicted octanol–water partition coefficient (Wildman–Crippen LogP) is 10.2. The van der Waals surface area contributed by atoms with E-state index in [1.165, 1.54) is 116 Å². The number of phosphoric acid groups is 1. The summed E-state index contributed by atoms with van der Waals surface area (Å²) in [6, 6.07) is 0. The van der Waals surface area contributed by atoms with Crippen molar-refractivity contribution in [3.8, 4) is 0 Å². The number of quaternary nitrogens is 1. The van der Waals surface area contributed by atoms with Crippen molar-refractivity contribution in [1.82, 2.24) is 0 Å². The van der Waals surface area contributed by atoms with Crippen LogP contribution in [0.3, 0.4) is 0 Å². The molecule has 0 saturated heterocycles. The molecule has 9 heteroatoms. The predicted molar refractivity (Wildman–Crippen MR) is 187 cm³/mol. The topological polar surface area (TPSA) is 91.3 Å². The fourth-order valence-electron chi connectivity index (χ4n) is 5.20. The molecule has 0 radical (unpaired) electrons. The number of hydrogen-bond acceptors (Lipinski definition) is 6. The number of rotatable bonds is 35. The fraction of sp³-hybridized carbons (Fsp3) is 0.972. The molecule has 0 aromatic rings. The van der Waals surface area contributed by atoms with Crippen LogP contribution >= 0.6 is 7.82 Å². The first-order chi connectivity index (χ1) is 21.6. The molecular formula is C36H75NO7P+. The zero-order valence-corrected chi connectivity index (χ0v) is 31.3. The van der Waals surface area contributed by atoms with Crippen LogP contribution in [0.4, 0.5) is 0 Å². The van der Waals surface area contributed by atoms with Crippen molar-refractivity contribution in [2.45, 2.75) is 174 Å². The number of nitrogens with zero attached hydrogens (tertiary/aromatic N) is 1. The minimum atomic E-state index is -4.25. The van der Waals surface area contributed by atoms with Gasteiger partial charge in [0.25, 0.3) is 0 Å². The van der Waals surface area contributed by atoms with E-state index in [9.17, 15) is 14.3 Å². The average Bonchev–Trinajstić information content (AvgIpc) is 2.98. The summed E-state index contributed by atoms with van der Waals surface area (Å²) in [5.74, 6) is -0.312. The molecular weight excluding hydrogens is 589 g/mol. The summed E-state index contributed by atoms with van der Waals surface area (Å²) >= 11 is 0. The molecule has 0 bridgehead atoms. The van der Waals surface area contributed by atoms with E-state index in [0.29, 0.717) is 24.1 Å². The van der Waals surface area contributed by atoms with Crippen LogP contribution in [0, 0.1) is 0 Å². The van der Waals surface area contributed by atoms with Gasteiger partial charge in [0.15, 0.2) is 0 Å². The molecule has 0 aliphatic carbocycles. The van der Waals surface area contributed by atoms with Crippen LogP contribution in [0.1, 0.15) is 168 Å². The molecule has 0 aliphatic rings. The van der Waals surface area contributed by atoms with E-state index in [2.05, 4.69) is 13.8 Å². The first-order valence-corrected chi connectivity index (χ1v) is 20.3. The third-order valence-corrected chi connectivity index (χ3v) is 9.15. The van der Waals surface area contributed by atoms with Crippen LogP contribution in [-0.4, -0.2) is 75.6 Å². The lowest BCUT2D eigenvalue weighted by atomic mass is 10.0. The summed E-state index contributed by atoms with van der Waals surface area (Å²) in [7, 11) is 1.68. The van der Waals surface area contributed by atoms with E-state index in [1.54, 1.807) is 0 Å².